The van der Waals surface area contributed by atoms with Gasteiger partial charge in [-0.05, 0) is 59.5 Å². The molecule has 0 bridgehead atoms. The molecule has 4 aromatic rings. The van der Waals surface area contributed by atoms with Crippen molar-refractivity contribution in [1.29, 1.82) is 0 Å². The Labute approximate surface area is 256 Å². The Kier molecular flexibility index (Phi) is 8.53. The summed E-state index contributed by atoms with van der Waals surface area (Å²) in [6.07, 6.45) is 1.46. The third kappa shape index (κ3) is 6.64. The van der Waals surface area contributed by atoms with Crippen molar-refractivity contribution in [3.8, 4) is 11.3 Å². The number of nitrogens with one attached hydrogen (secondary N) is 2. The molecular weight excluding hydrogens is 559 g/mol. The number of amides is 2. The fourth-order valence-electron chi connectivity index (χ4n) is 5.13. The summed E-state index contributed by atoms with van der Waals surface area (Å²) in [4.78, 5) is 46.0. The first-order valence-electron chi connectivity index (χ1n) is 14.6. The van der Waals surface area contributed by atoms with E-state index in [0.29, 0.717) is 24.3 Å². The molecule has 1 aliphatic heterocycles. The number of aromatic nitrogens is 2. The molecule has 1 aliphatic rings. The van der Waals surface area contributed by atoms with Crippen LogP contribution in [0.1, 0.15) is 43.6 Å². The van der Waals surface area contributed by atoms with E-state index in [2.05, 4.69) is 41.3 Å². The number of hydrogen-bond acceptors (Lipinski definition) is 6. The van der Waals surface area contributed by atoms with E-state index in [9.17, 15) is 14.4 Å². The summed E-state index contributed by atoms with van der Waals surface area (Å²) in [5.74, 6) is -0.959. The second-order valence-electron chi connectivity index (χ2n) is 12.0. The molecule has 10 heteroatoms. The van der Waals surface area contributed by atoms with Gasteiger partial charge in [0.15, 0.2) is 11.6 Å². The topological polar surface area (TPSA) is 99.6 Å². The van der Waals surface area contributed by atoms with Crippen LogP contribution < -0.4 is 21.1 Å². The van der Waals surface area contributed by atoms with E-state index in [-0.39, 0.29) is 39.6 Å². The Morgan fingerprint density at radius 3 is 2.18 bits per heavy atom. The van der Waals surface area contributed by atoms with Gasteiger partial charge in [-0.1, -0.05) is 39.0 Å². The van der Waals surface area contributed by atoms with Crippen LogP contribution >= 0.6 is 0 Å². The Morgan fingerprint density at radius 2 is 1.57 bits per heavy atom. The second kappa shape index (κ2) is 12.3. The molecule has 9 nitrogen and oxygen atoms in total. The Balaban J connectivity index is 1.33. The number of anilines is 4. The molecule has 2 N–H and O–H groups in total. The van der Waals surface area contributed by atoms with Crippen LogP contribution in [0.5, 0.6) is 0 Å². The maximum atomic E-state index is 15.7. The first-order valence-corrected chi connectivity index (χ1v) is 14.6. The average molecular weight is 597 g/mol. The highest BCUT2D eigenvalue weighted by Crippen LogP contribution is 2.28. The smallest absolute Gasteiger partial charge is 0.293 e. The summed E-state index contributed by atoms with van der Waals surface area (Å²) in [7, 11) is 1.58. The molecule has 1 saturated heterocycles. The molecular formula is C34H37FN6O3. The SMILES string of the molecule is CC(=O)N1CCN(c2ccc(Nc3nc(-c4cccc(NC(=O)c5ccc(C(C)(C)C)cc5)c4F)cn(C)c3=O)cc2)CC1. The fraction of sp³-hybridized carbons (Fsp3) is 0.294. The average Bonchev–Trinajstić information content (AvgIpc) is 3.00. The lowest BCUT2D eigenvalue weighted by molar-refractivity contribution is -0.129. The van der Waals surface area contributed by atoms with E-state index in [4.69, 9.17) is 0 Å². The van der Waals surface area contributed by atoms with Crippen molar-refractivity contribution in [3.05, 3.63) is 100 Å². The van der Waals surface area contributed by atoms with E-state index in [1.165, 1.54) is 16.8 Å². The van der Waals surface area contributed by atoms with Gasteiger partial charge in [-0.3, -0.25) is 14.4 Å². The van der Waals surface area contributed by atoms with Gasteiger partial charge >= 0.3 is 0 Å². The number of aryl methyl sites for hydroxylation is 1. The number of halogens is 1. The molecule has 1 fully saturated rings. The first-order chi connectivity index (χ1) is 20.9. The number of rotatable bonds is 6. The highest BCUT2D eigenvalue weighted by molar-refractivity contribution is 6.04. The summed E-state index contributed by atoms with van der Waals surface area (Å²) in [6.45, 7) is 10.7. The minimum atomic E-state index is -0.654. The van der Waals surface area contributed by atoms with Crippen LogP contribution in [0.4, 0.5) is 27.3 Å². The van der Waals surface area contributed by atoms with E-state index in [0.717, 1.165) is 24.3 Å². The van der Waals surface area contributed by atoms with Crippen molar-refractivity contribution >= 4 is 34.7 Å². The van der Waals surface area contributed by atoms with Gasteiger partial charge in [-0.2, -0.15) is 0 Å². The number of carbonyl (C=O) groups is 2. The van der Waals surface area contributed by atoms with E-state index >= 15 is 4.39 Å². The van der Waals surface area contributed by atoms with Crippen molar-refractivity contribution in [2.45, 2.75) is 33.1 Å². The van der Waals surface area contributed by atoms with Crippen LogP contribution in [-0.4, -0.2) is 52.4 Å². The van der Waals surface area contributed by atoms with Gasteiger partial charge in [0, 0.05) is 68.8 Å². The Hall–Kier alpha value is -4.99. The molecule has 2 heterocycles. The summed E-state index contributed by atoms with van der Waals surface area (Å²) >= 11 is 0. The van der Waals surface area contributed by atoms with Crippen LogP contribution in [0.15, 0.2) is 77.7 Å². The molecule has 0 unspecified atom stereocenters. The minimum Gasteiger partial charge on any atom is -0.368 e. The van der Waals surface area contributed by atoms with Crippen molar-refractivity contribution in [1.82, 2.24) is 14.5 Å². The van der Waals surface area contributed by atoms with Gasteiger partial charge in [0.05, 0.1) is 11.4 Å². The van der Waals surface area contributed by atoms with Crippen molar-refractivity contribution in [2.24, 2.45) is 7.05 Å². The molecule has 228 valence electrons. The molecule has 1 aromatic heterocycles. The van der Waals surface area contributed by atoms with Crippen LogP contribution in [-0.2, 0) is 17.3 Å². The molecule has 3 aromatic carbocycles. The zero-order valence-electron chi connectivity index (χ0n) is 25.6. The lowest BCUT2D eigenvalue weighted by Gasteiger charge is -2.35. The van der Waals surface area contributed by atoms with Gasteiger partial charge in [0.25, 0.3) is 11.5 Å². The zero-order valence-corrected chi connectivity index (χ0v) is 25.6. The summed E-state index contributed by atoms with van der Waals surface area (Å²) in [5.41, 5.74) is 3.13. The molecule has 0 atom stereocenters. The maximum absolute atomic E-state index is 15.7. The number of hydrogen-bond donors (Lipinski definition) is 2. The molecule has 44 heavy (non-hydrogen) atoms. The van der Waals surface area contributed by atoms with Gasteiger partial charge in [0.2, 0.25) is 5.91 Å². The normalized spacial score (nSPS) is 13.5. The van der Waals surface area contributed by atoms with Gasteiger partial charge in [0.1, 0.15) is 0 Å². The molecule has 5 rings (SSSR count). The first kappa shape index (κ1) is 30.5. The van der Waals surface area contributed by atoms with E-state index < -0.39 is 11.7 Å². The number of nitrogens with zero attached hydrogens (tertiary/aromatic N) is 4. The number of benzene rings is 3. The second-order valence-corrected chi connectivity index (χ2v) is 12.0. The predicted molar refractivity (Wildman–Crippen MR) is 172 cm³/mol. The van der Waals surface area contributed by atoms with Crippen LogP contribution in [0.2, 0.25) is 0 Å². The number of carbonyl (C=O) groups excluding carboxylic acids is 2. The monoisotopic (exact) mass is 596 g/mol. The summed E-state index contributed by atoms with van der Waals surface area (Å²) in [6, 6.07) is 19.5. The van der Waals surface area contributed by atoms with Crippen LogP contribution in [0.25, 0.3) is 11.3 Å². The lowest BCUT2D eigenvalue weighted by atomic mass is 9.87. The lowest BCUT2D eigenvalue weighted by Crippen LogP contribution is -2.48. The zero-order chi connectivity index (χ0) is 31.6. The quantitative estimate of drug-likeness (QED) is 0.303. The predicted octanol–water partition coefficient (Wildman–Crippen LogP) is 5.55. The summed E-state index contributed by atoms with van der Waals surface area (Å²) in [5, 5.41) is 5.74. The third-order valence-electron chi connectivity index (χ3n) is 7.83. The van der Waals surface area contributed by atoms with Crippen molar-refractivity contribution in [3.63, 3.8) is 0 Å². The van der Waals surface area contributed by atoms with E-state index in [1.807, 2.05) is 41.3 Å². The minimum absolute atomic E-state index is 0.0114. The highest BCUT2D eigenvalue weighted by atomic mass is 19.1. The van der Waals surface area contributed by atoms with Crippen LogP contribution in [0, 0.1) is 5.82 Å². The van der Waals surface area contributed by atoms with Crippen LogP contribution in [0.3, 0.4) is 0 Å². The molecule has 0 aliphatic carbocycles. The van der Waals surface area contributed by atoms with Gasteiger partial charge in [-0.15, -0.1) is 0 Å². The third-order valence-corrected chi connectivity index (χ3v) is 7.83. The number of piperazine rings is 1. The van der Waals surface area contributed by atoms with E-state index in [1.54, 1.807) is 38.2 Å². The summed E-state index contributed by atoms with van der Waals surface area (Å²) < 4.78 is 17.1. The largest absolute Gasteiger partial charge is 0.368 e. The van der Waals surface area contributed by atoms with Gasteiger partial charge < -0.3 is 25.0 Å². The Morgan fingerprint density at radius 1 is 0.909 bits per heavy atom. The standard InChI is InChI=1S/C34H37FN6O3/c1-22(42)40-17-19-41(20-18-40)26-15-13-25(14-16-26)36-31-33(44)39(5)21-29(37-31)27-7-6-8-28(30(27)35)38-32(43)23-9-11-24(12-10-23)34(2,3)4/h6-16,21H,17-20H2,1-5H3,(H,36,37)(H,38,43). The molecule has 0 radical (unpaired) electrons. The highest BCUT2D eigenvalue weighted by Gasteiger charge is 2.20. The van der Waals surface area contributed by atoms with Gasteiger partial charge in [-0.25, -0.2) is 9.37 Å². The Bertz CT molecular complexity index is 1740. The van der Waals surface area contributed by atoms with Crippen molar-refractivity contribution < 1.29 is 14.0 Å². The molecule has 0 saturated carbocycles. The molecule has 0 spiro atoms. The van der Waals surface area contributed by atoms with Crippen molar-refractivity contribution in [2.75, 3.05) is 41.7 Å². The maximum Gasteiger partial charge on any atom is 0.293 e. The fourth-order valence-corrected chi connectivity index (χ4v) is 5.13. The molecule has 2 amide bonds.